The largest absolute Gasteiger partial charge is 0.359 e. The van der Waals surface area contributed by atoms with Crippen molar-refractivity contribution in [3.63, 3.8) is 0 Å². The molecule has 0 aliphatic heterocycles. The maximum absolute atomic E-state index is 5.27. The number of nitrogens with zero attached hydrogens (tertiary/aromatic N) is 3. The summed E-state index contributed by atoms with van der Waals surface area (Å²) in [6.45, 7) is 2.70. The fraction of sp³-hybridized carbons (Fsp3) is 0.455. The van der Waals surface area contributed by atoms with Crippen LogP contribution >= 0.6 is 0 Å². The first-order chi connectivity index (χ1) is 7.31. The van der Waals surface area contributed by atoms with Gasteiger partial charge in [0.1, 0.15) is 6.54 Å². The predicted molar refractivity (Wildman–Crippen MR) is 54.5 cm³/mol. The van der Waals surface area contributed by atoms with E-state index in [4.69, 9.17) is 4.52 Å². The molecule has 3 rings (SSSR count). The average Bonchev–Trinajstić information content (AvgIpc) is 2.84. The second kappa shape index (κ2) is 3.22. The molecule has 15 heavy (non-hydrogen) atoms. The Kier molecular flexibility index (Phi) is 1.87. The summed E-state index contributed by atoms with van der Waals surface area (Å²) in [4.78, 5) is 0. The van der Waals surface area contributed by atoms with Crippen LogP contribution in [0.15, 0.2) is 23.0 Å². The lowest BCUT2D eigenvalue weighted by Gasteiger charge is -1.94. The zero-order valence-corrected chi connectivity index (χ0v) is 8.68. The van der Waals surface area contributed by atoms with Gasteiger partial charge in [-0.05, 0) is 25.3 Å². The molecular weight excluding hydrogens is 190 g/mol. The van der Waals surface area contributed by atoms with E-state index in [2.05, 4.69) is 16.3 Å². The summed E-state index contributed by atoms with van der Waals surface area (Å²) in [6.07, 6.45) is 6.36. The second-order valence-corrected chi connectivity index (χ2v) is 4.21. The van der Waals surface area contributed by atoms with Gasteiger partial charge >= 0.3 is 0 Å². The van der Waals surface area contributed by atoms with Crippen molar-refractivity contribution in [1.82, 2.24) is 14.9 Å². The van der Waals surface area contributed by atoms with Crippen LogP contribution in [0.2, 0.25) is 0 Å². The Morgan fingerprint density at radius 2 is 2.40 bits per heavy atom. The molecule has 2 aromatic rings. The van der Waals surface area contributed by atoms with E-state index >= 15 is 0 Å². The summed E-state index contributed by atoms with van der Waals surface area (Å²) >= 11 is 0. The third kappa shape index (κ3) is 1.79. The fourth-order valence-corrected chi connectivity index (χ4v) is 1.69. The molecule has 0 atom stereocenters. The van der Waals surface area contributed by atoms with E-state index < -0.39 is 0 Å². The minimum atomic E-state index is 0.654. The Balaban J connectivity index is 1.75. The van der Waals surface area contributed by atoms with E-state index in [-0.39, 0.29) is 0 Å². The lowest BCUT2D eigenvalue weighted by atomic mass is 10.3. The third-order valence-corrected chi connectivity index (χ3v) is 2.65. The molecular formula is C11H13N3O. The Morgan fingerprint density at radius 3 is 3.07 bits per heavy atom. The first-order valence-electron chi connectivity index (χ1n) is 5.26. The van der Waals surface area contributed by atoms with E-state index in [1.54, 1.807) is 0 Å². The topological polar surface area (TPSA) is 43.9 Å². The van der Waals surface area contributed by atoms with Crippen molar-refractivity contribution >= 4 is 0 Å². The van der Waals surface area contributed by atoms with Gasteiger partial charge < -0.3 is 4.52 Å². The summed E-state index contributed by atoms with van der Waals surface area (Å²) in [5.74, 6) is 1.54. The van der Waals surface area contributed by atoms with Crippen LogP contribution in [-0.4, -0.2) is 14.9 Å². The molecule has 0 amide bonds. The van der Waals surface area contributed by atoms with Crippen LogP contribution in [-0.2, 0) is 6.54 Å². The van der Waals surface area contributed by atoms with Gasteiger partial charge in [-0.15, -0.1) is 0 Å². The van der Waals surface area contributed by atoms with Crippen molar-refractivity contribution in [3.8, 4) is 0 Å². The molecule has 2 heterocycles. The van der Waals surface area contributed by atoms with Crippen LogP contribution in [0.3, 0.4) is 0 Å². The van der Waals surface area contributed by atoms with Crippen molar-refractivity contribution in [2.24, 2.45) is 0 Å². The fourth-order valence-electron chi connectivity index (χ4n) is 1.69. The summed E-state index contributed by atoms with van der Waals surface area (Å²) < 4.78 is 7.14. The van der Waals surface area contributed by atoms with Crippen LogP contribution in [0.5, 0.6) is 0 Å². The number of hydrogen-bond donors (Lipinski definition) is 0. The highest BCUT2D eigenvalue weighted by Gasteiger charge is 2.27. The van der Waals surface area contributed by atoms with Gasteiger partial charge in [0.05, 0.1) is 11.9 Å². The predicted octanol–water partition coefficient (Wildman–Crippen LogP) is 2.11. The molecule has 1 aliphatic rings. The molecule has 4 nitrogen and oxygen atoms in total. The van der Waals surface area contributed by atoms with Crippen LogP contribution in [0, 0.1) is 6.92 Å². The molecule has 0 N–H and O–H groups in total. The minimum Gasteiger partial charge on any atom is -0.359 e. The summed E-state index contributed by atoms with van der Waals surface area (Å²) in [7, 11) is 0. The zero-order valence-electron chi connectivity index (χ0n) is 8.68. The van der Waals surface area contributed by atoms with Gasteiger partial charge in [0, 0.05) is 18.2 Å². The molecule has 1 fully saturated rings. The Morgan fingerprint density at radius 1 is 1.53 bits per heavy atom. The van der Waals surface area contributed by atoms with E-state index in [9.17, 15) is 0 Å². The molecule has 0 radical (unpaired) electrons. The summed E-state index contributed by atoms with van der Waals surface area (Å²) in [6, 6.07) is 2.05. The molecule has 2 aromatic heterocycles. The highest BCUT2D eigenvalue weighted by Crippen LogP contribution is 2.39. The van der Waals surface area contributed by atoms with E-state index in [0.717, 1.165) is 17.0 Å². The molecule has 0 spiro atoms. The minimum absolute atomic E-state index is 0.654. The van der Waals surface area contributed by atoms with Crippen LogP contribution in [0.1, 0.15) is 35.8 Å². The van der Waals surface area contributed by atoms with Gasteiger partial charge in [-0.3, -0.25) is 4.68 Å². The van der Waals surface area contributed by atoms with Crippen molar-refractivity contribution in [1.29, 1.82) is 0 Å². The zero-order chi connectivity index (χ0) is 10.3. The first-order valence-corrected chi connectivity index (χ1v) is 5.26. The van der Waals surface area contributed by atoms with E-state index in [1.165, 1.54) is 12.8 Å². The first kappa shape index (κ1) is 8.71. The second-order valence-electron chi connectivity index (χ2n) is 4.21. The lowest BCUT2D eigenvalue weighted by Crippen LogP contribution is -1.98. The molecule has 1 saturated carbocycles. The quantitative estimate of drug-likeness (QED) is 0.767. The van der Waals surface area contributed by atoms with Gasteiger partial charge in [-0.25, -0.2) is 0 Å². The third-order valence-electron chi connectivity index (χ3n) is 2.65. The maximum atomic E-state index is 5.27. The maximum Gasteiger partial charge on any atom is 0.158 e. The number of rotatable bonds is 3. The summed E-state index contributed by atoms with van der Waals surface area (Å²) in [5, 5.41) is 8.27. The summed E-state index contributed by atoms with van der Waals surface area (Å²) in [5.41, 5.74) is 2.27. The highest BCUT2D eigenvalue weighted by molar-refractivity contribution is 5.15. The molecule has 0 unspecified atom stereocenters. The Bertz CT molecular complexity index is 468. The van der Waals surface area contributed by atoms with Crippen LogP contribution < -0.4 is 0 Å². The lowest BCUT2D eigenvalue weighted by molar-refractivity contribution is 0.366. The molecule has 4 heteroatoms. The highest BCUT2D eigenvalue weighted by atomic mass is 16.5. The van der Waals surface area contributed by atoms with Crippen LogP contribution in [0.4, 0.5) is 0 Å². The van der Waals surface area contributed by atoms with E-state index in [0.29, 0.717) is 12.5 Å². The van der Waals surface area contributed by atoms with Gasteiger partial charge in [-0.2, -0.15) is 5.10 Å². The van der Waals surface area contributed by atoms with Crippen molar-refractivity contribution in [2.75, 3.05) is 0 Å². The SMILES string of the molecule is Cc1cnn(Cc2cc(C3CC3)no2)c1. The van der Waals surface area contributed by atoms with Crippen molar-refractivity contribution in [2.45, 2.75) is 32.2 Å². The Hall–Kier alpha value is -1.58. The molecule has 0 bridgehead atoms. The molecule has 0 aromatic carbocycles. The number of hydrogen-bond acceptors (Lipinski definition) is 3. The molecule has 0 saturated heterocycles. The average molecular weight is 203 g/mol. The van der Waals surface area contributed by atoms with Crippen molar-refractivity contribution < 1.29 is 4.52 Å². The smallest absolute Gasteiger partial charge is 0.158 e. The van der Waals surface area contributed by atoms with E-state index in [1.807, 2.05) is 24.0 Å². The van der Waals surface area contributed by atoms with Gasteiger partial charge in [-0.1, -0.05) is 5.16 Å². The number of aryl methyl sites for hydroxylation is 1. The van der Waals surface area contributed by atoms with Crippen LogP contribution in [0.25, 0.3) is 0 Å². The molecule has 78 valence electrons. The normalized spacial score (nSPS) is 15.8. The standard InChI is InChI=1S/C11H13N3O/c1-8-5-12-14(6-8)7-10-4-11(13-15-10)9-2-3-9/h4-6,9H,2-3,7H2,1H3. The number of aromatic nitrogens is 3. The van der Waals surface area contributed by atoms with Crippen molar-refractivity contribution in [3.05, 3.63) is 35.5 Å². The molecule has 1 aliphatic carbocycles. The van der Waals surface area contributed by atoms with Gasteiger partial charge in [0.15, 0.2) is 5.76 Å². The monoisotopic (exact) mass is 203 g/mol. The van der Waals surface area contributed by atoms with Gasteiger partial charge in [0.2, 0.25) is 0 Å². The van der Waals surface area contributed by atoms with Gasteiger partial charge in [0.25, 0.3) is 0 Å². The Labute approximate surface area is 87.9 Å².